The highest BCUT2D eigenvalue weighted by molar-refractivity contribution is 5.86. The van der Waals surface area contributed by atoms with Crippen LogP contribution in [0.2, 0.25) is 0 Å². The molecule has 0 aliphatic rings. The molecule has 4 heteroatoms. The van der Waals surface area contributed by atoms with Gasteiger partial charge in [0.2, 0.25) is 0 Å². The molecule has 4 aromatic rings. The summed E-state index contributed by atoms with van der Waals surface area (Å²) in [5.74, 6) is 0.577. The topological polar surface area (TPSA) is 43.1 Å². The minimum absolute atomic E-state index is 0.577. The minimum Gasteiger partial charge on any atom is -0.272 e. The predicted octanol–water partition coefficient (Wildman–Crippen LogP) is 3.85. The van der Waals surface area contributed by atoms with Gasteiger partial charge in [0.15, 0.2) is 0 Å². The van der Waals surface area contributed by atoms with Crippen LogP contribution in [0.1, 0.15) is 11.1 Å². The monoisotopic (exact) mass is 298 g/mol. The van der Waals surface area contributed by atoms with E-state index < -0.39 is 0 Å². The fourth-order valence-corrected chi connectivity index (χ4v) is 2.60. The Morgan fingerprint density at radius 3 is 2.35 bits per heavy atom. The Hall–Kier alpha value is -3.27. The van der Waals surface area contributed by atoms with Crippen molar-refractivity contribution < 1.29 is 0 Å². The number of aromatic nitrogens is 4. The Morgan fingerprint density at radius 1 is 0.913 bits per heavy atom. The zero-order valence-corrected chi connectivity index (χ0v) is 12.4. The molecule has 4 rings (SSSR count). The van der Waals surface area contributed by atoms with Crippen molar-refractivity contribution in [1.29, 1.82) is 0 Å². The van der Waals surface area contributed by atoms with Gasteiger partial charge in [0.05, 0.1) is 5.69 Å². The largest absolute Gasteiger partial charge is 0.272 e. The van der Waals surface area contributed by atoms with Crippen LogP contribution in [0.15, 0.2) is 79.8 Å². The summed E-state index contributed by atoms with van der Waals surface area (Å²) in [5, 5.41) is 7.98. The Morgan fingerprint density at radius 2 is 1.61 bits per heavy atom. The highest BCUT2D eigenvalue weighted by atomic mass is 15.3. The molecule has 0 aliphatic heterocycles. The van der Waals surface area contributed by atoms with E-state index in [0.717, 1.165) is 28.0 Å². The number of hydrogen-bond acceptors (Lipinski definition) is 3. The van der Waals surface area contributed by atoms with E-state index in [-0.39, 0.29) is 0 Å². The first-order valence-corrected chi connectivity index (χ1v) is 7.33. The zero-order chi connectivity index (χ0) is 15.6. The summed E-state index contributed by atoms with van der Waals surface area (Å²) in [6.45, 7) is 4.28. The van der Waals surface area contributed by atoms with Crippen molar-refractivity contribution in [2.45, 2.75) is 0 Å². The lowest BCUT2D eigenvalue weighted by Gasteiger charge is -2.12. The van der Waals surface area contributed by atoms with Crippen LogP contribution in [-0.4, -0.2) is 19.6 Å². The first-order valence-electron chi connectivity index (χ1n) is 7.33. The Balaban J connectivity index is 1.95. The van der Waals surface area contributed by atoms with Gasteiger partial charge in [-0.15, -0.1) is 10.2 Å². The molecule has 0 saturated carbocycles. The van der Waals surface area contributed by atoms with Crippen LogP contribution >= 0.6 is 0 Å². The van der Waals surface area contributed by atoms with Crippen molar-refractivity contribution in [1.82, 2.24) is 19.6 Å². The van der Waals surface area contributed by atoms with Crippen molar-refractivity contribution in [3.05, 3.63) is 90.9 Å². The van der Waals surface area contributed by atoms with Gasteiger partial charge >= 0.3 is 0 Å². The summed E-state index contributed by atoms with van der Waals surface area (Å²) in [5.41, 5.74) is 4.85. The molecule has 0 aliphatic carbocycles. The molecule has 0 atom stereocenters. The standard InChI is InChI=1S/C19H14N4/c1-14(15-8-4-2-5-9-15)17-12-23-13-20-22-19(23)21-18(17)16-10-6-3-7-11-16/h2-13H,1H2. The van der Waals surface area contributed by atoms with Gasteiger partial charge in [0.25, 0.3) is 5.78 Å². The molecule has 2 aromatic carbocycles. The third-order valence-electron chi connectivity index (χ3n) is 3.78. The number of hydrogen-bond donors (Lipinski definition) is 0. The van der Waals surface area contributed by atoms with Crippen LogP contribution < -0.4 is 0 Å². The van der Waals surface area contributed by atoms with Gasteiger partial charge in [-0.1, -0.05) is 67.2 Å². The first-order chi connectivity index (χ1) is 11.3. The molecule has 2 aromatic heterocycles. The van der Waals surface area contributed by atoms with Gasteiger partial charge in [-0.05, 0) is 11.1 Å². The van der Waals surface area contributed by atoms with Crippen LogP contribution in [0.25, 0.3) is 22.6 Å². The molecular formula is C19H14N4. The van der Waals surface area contributed by atoms with E-state index >= 15 is 0 Å². The van der Waals surface area contributed by atoms with Crippen LogP contribution in [-0.2, 0) is 0 Å². The van der Waals surface area contributed by atoms with E-state index in [4.69, 9.17) is 0 Å². The van der Waals surface area contributed by atoms with Crippen LogP contribution in [0, 0.1) is 0 Å². The Kier molecular flexibility index (Phi) is 3.20. The summed E-state index contributed by atoms with van der Waals surface area (Å²) in [7, 11) is 0. The van der Waals surface area contributed by atoms with Gasteiger partial charge in [-0.25, -0.2) is 4.98 Å². The molecule has 0 fully saturated rings. The van der Waals surface area contributed by atoms with E-state index in [1.54, 1.807) is 6.33 Å². The summed E-state index contributed by atoms with van der Waals surface area (Å²) in [6.07, 6.45) is 3.64. The van der Waals surface area contributed by atoms with Crippen molar-refractivity contribution >= 4 is 11.4 Å². The third kappa shape index (κ3) is 2.40. The lowest BCUT2D eigenvalue weighted by Crippen LogP contribution is -1.99. The van der Waals surface area contributed by atoms with E-state index in [0.29, 0.717) is 5.78 Å². The number of rotatable bonds is 3. The maximum Gasteiger partial charge on any atom is 0.255 e. The highest BCUT2D eigenvalue weighted by Crippen LogP contribution is 2.30. The fourth-order valence-electron chi connectivity index (χ4n) is 2.60. The first kappa shape index (κ1) is 13.4. The smallest absolute Gasteiger partial charge is 0.255 e. The molecule has 4 nitrogen and oxygen atoms in total. The lowest BCUT2D eigenvalue weighted by atomic mass is 9.96. The third-order valence-corrected chi connectivity index (χ3v) is 3.78. The van der Waals surface area contributed by atoms with E-state index in [2.05, 4.69) is 21.8 Å². The molecule has 0 unspecified atom stereocenters. The van der Waals surface area contributed by atoms with E-state index in [1.807, 2.05) is 71.3 Å². The van der Waals surface area contributed by atoms with Gasteiger partial charge in [0, 0.05) is 17.3 Å². The molecule has 0 radical (unpaired) electrons. The highest BCUT2D eigenvalue weighted by Gasteiger charge is 2.14. The second kappa shape index (κ2) is 5.50. The average molecular weight is 298 g/mol. The molecule has 0 bridgehead atoms. The van der Waals surface area contributed by atoms with Crippen molar-refractivity contribution in [2.24, 2.45) is 0 Å². The predicted molar refractivity (Wildman–Crippen MR) is 90.8 cm³/mol. The van der Waals surface area contributed by atoms with E-state index in [1.165, 1.54) is 0 Å². The van der Waals surface area contributed by atoms with Crippen LogP contribution in [0.3, 0.4) is 0 Å². The summed E-state index contributed by atoms with van der Waals surface area (Å²) < 4.78 is 1.82. The summed E-state index contributed by atoms with van der Waals surface area (Å²) in [4.78, 5) is 4.68. The maximum atomic E-state index is 4.68. The summed E-state index contributed by atoms with van der Waals surface area (Å²) in [6, 6.07) is 20.2. The Labute approximate surface area is 133 Å². The molecule has 2 heterocycles. The van der Waals surface area contributed by atoms with Crippen LogP contribution in [0.4, 0.5) is 0 Å². The molecule has 110 valence electrons. The van der Waals surface area contributed by atoms with Gasteiger partial charge in [-0.2, -0.15) is 0 Å². The second-order valence-corrected chi connectivity index (χ2v) is 5.25. The fraction of sp³-hybridized carbons (Fsp3) is 0. The number of benzene rings is 2. The van der Waals surface area contributed by atoms with Crippen molar-refractivity contribution in [2.75, 3.05) is 0 Å². The van der Waals surface area contributed by atoms with Crippen molar-refractivity contribution in [3.63, 3.8) is 0 Å². The normalized spacial score (nSPS) is 10.8. The van der Waals surface area contributed by atoms with E-state index in [9.17, 15) is 0 Å². The molecular weight excluding hydrogens is 284 g/mol. The van der Waals surface area contributed by atoms with Gasteiger partial charge in [0.1, 0.15) is 6.33 Å². The van der Waals surface area contributed by atoms with Crippen LogP contribution in [0.5, 0.6) is 0 Å². The molecule has 0 spiro atoms. The Bertz CT molecular complexity index is 972. The van der Waals surface area contributed by atoms with Gasteiger partial charge < -0.3 is 0 Å². The maximum absolute atomic E-state index is 4.68. The second-order valence-electron chi connectivity index (χ2n) is 5.25. The number of nitrogens with zero attached hydrogens (tertiary/aromatic N) is 4. The summed E-state index contributed by atoms with van der Waals surface area (Å²) >= 11 is 0. The minimum atomic E-state index is 0.577. The lowest BCUT2D eigenvalue weighted by molar-refractivity contribution is 1.10. The van der Waals surface area contributed by atoms with Gasteiger partial charge in [-0.3, -0.25) is 4.40 Å². The number of fused-ring (bicyclic) bond motifs is 1. The molecule has 0 saturated heterocycles. The molecule has 23 heavy (non-hydrogen) atoms. The quantitative estimate of drug-likeness (QED) is 0.577. The average Bonchev–Trinajstić information content (AvgIpc) is 3.09. The molecule has 0 N–H and O–H groups in total. The SMILES string of the molecule is C=C(c1ccccc1)c1cn2cnnc2nc1-c1ccccc1. The zero-order valence-electron chi connectivity index (χ0n) is 12.4. The van der Waals surface area contributed by atoms with Crippen molar-refractivity contribution in [3.8, 4) is 11.3 Å². The molecule has 0 amide bonds.